The van der Waals surface area contributed by atoms with Crippen molar-refractivity contribution >= 4 is 0 Å². The van der Waals surface area contributed by atoms with Crippen molar-refractivity contribution in [2.75, 3.05) is 0 Å². The summed E-state index contributed by atoms with van der Waals surface area (Å²) >= 11 is 0. The molecule has 0 radical (unpaired) electrons. The number of aliphatic hydroxyl groups excluding tert-OH is 1. The highest BCUT2D eigenvalue weighted by molar-refractivity contribution is 4.99. The van der Waals surface area contributed by atoms with Crippen molar-refractivity contribution < 1.29 is 9.84 Å². The molecular weight excluding hydrogens is 182 g/mol. The number of aromatic nitrogens is 3. The van der Waals surface area contributed by atoms with Gasteiger partial charge in [-0.05, 0) is 19.8 Å². The first-order chi connectivity index (χ1) is 6.72. The molecule has 2 heterocycles. The Bertz CT molecular complexity index is 324. The fraction of sp³-hybridized carbons (Fsp3) is 0.778. The molecule has 0 spiro atoms. The van der Waals surface area contributed by atoms with Gasteiger partial charge in [-0.2, -0.15) is 0 Å². The maximum absolute atomic E-state index is 8.96. The van der Waals surface area contributed by atoms with Gasteiger partial charge in [0.25, 0.3) is 0 Å². The topological polar surface area (TPSA) is 60.2 Å². The van der Waals surface area contributed by atoms with Crippen LogP contribution in [0.15, 0.2) is 0 Å². The first-order valence-electron chi connectivity index (χ1n) is 4.87. The highest BCUT2D eigenvalue weighted by Gasteiger charge is 2.27. The summed E-state index contributed by atoms with van der Waals surface area (Å²) in [5, 5.41) is 16.9. The average molecular weight is 197 g/mol. The van der Waals surface area contributed by atoms with Crippen LogP contribution in [0, 0.1) is 0 Å². The van der Waals surface area contributed by atoms with E-state index in [0.717, 1.165) is 18.7 Å². The molecular formula is C9H15N3O2. The molecule has 1 aromatic heterocycles. The Hall–Kier alpha value is -0.940. The molecule has 2 rings (SSSR count). The van der Waals surface area contributed by atoms with E-state index in [1.165, 1.54) is 0 Å². The average Bonchev–Trinajstić information content (AvgIpc) is 2.72. The van der Waals surface area contributed by atoms with Crippen LogP contribution in [0.3, 0.4) is 0 Å². The molecule has 0 aliphatic carbocycles. The molecule has 1 aliphatic heterocycles. The molecule has 5 heteroatoms. The second-order valence-corrected chi connectivity index (χ2v) is 3.70. The second-order valence-electron chi connectivity index (χ2n) is 3.70. The summed E-state index contributed by atoms with van der Waals surface area (Å²) in [6.45, 7) is 1.98. The van der Waals surface area contributed by atoms with E-state index in [9.17, 15) is 0 Å². The van der Waals surface area contributed by atoms with Crippen molar-refractivity contribution in [3.05, 3.63) is 11.6 Å². The monoisotopic (exact) mass is 197 g/mol. The van der Waals surface area contributed by atoms with E-state index in [-0.39, 0.29) is 12.7 Å². The molecule has 1 aromatic rings. The standard InChI is InChI=1S/C9H15N3O2/c1-6-3-4-7(14-6)9-11-10-8(5-13)12(9)2/h6-7,13H,3-5H2,1-2H3. The Kier molecular flexibility index (Phi) is 2.52. The molecule has 1 N–H and O–H groups in total. The summed E-state index contributed by atoms with van der Waals surface area (Å²) in [6.07, 6.45) is 2.39. The lowest BCUT2D eigenvalue weighted by Crippen LogP contribution is -2.08. The molecule has 0 amide bonds. The zero-order valence-electron chi connectivity index (χ0n) is 8.47. The van der Waals surface area contributed by atoms with E-state index in [1.54, 1.807) is 0 Å². The Balaban J connectivity index is 2.20. The molecule has 0 bridgehead atoms. The van der Waals surface area contributed by atoms with E-state index in [2.05, 4.69) is 17.1 Å². The highest BCUT2D eigenvalue weighted by atomic mass is 16.5. The molecule has 14 heavy (non-hydrogen) atoms. The van der Waals surface area contributed by atoms with Gasteiger partial charge in [-0.1, -0.05) is 0 Å². The summed E-state index contributed by atoms with van der Waals surface area (Å²) < 4.78 is 7.49. The molecule has 1 fully saturated rings. The molecule has 5 nitrogen and oxygen atoms in total. The van der Waals surface area contributed by atoms with Crippen LogP contribution < -0.4 is 0 Å². The zero-order valence-corrected chi connectivity index (χ0v) is 8.47. The molecule has 78 valence electrons. The number of aliphatic hydroxyl groups is 1. The third kappa shape index (κ3) is 1.53. The molecule has 1 saturated heterocycles. The van der Waals surface area contributed by atoms with E-state index in [1.807, 2.05) is 11.6 Å². The molecule has 0 aromatic carbocycles. The van der Waals surface area contributed by atoms with Crippen LogP contribution >= 0.6 is 0 Å². The largest absolute Gasteiger partial charge is 0.388 e. The summed E-state index contributed by atoms with van der Waals surface area (Å²) in [6, 6.07) is 0. The van der Waals surface area contributed by atoms with Gasteiger partial charge in [0.05, 0.1) is 6.10 Å². The Morgan fingerprint density at radius 3 is 2.79 bits per heavy atom. The Labute approximate surface area is 82.7 Å². The van der Waals surface area contributed by atoms with Crippen LogP contribution in [0.25, 0.3) is 0 Å². The SMILES string of the molecule is CC1CCC(c2nnc(CO)n2C)O1. The summed E-state index contributed by atoms with van der Waals surface area (Å²) in [7, 11) is 1.85. The highest BCUT2D eigenvalue weighted by Crippen LogP contribution is 2.31. The summed E-state index contributed by atoms with van der Waals surface area (Å²) in [5.41, 5.74) is 0. The normalized spacial score (nSPS) is 27.1. The van der Waals surface area contributed by atoms with Crippen LogP contribution in [0.1, 0.15) is 37.5 Å². The van der Waals surface area contributed by atoms with Crippen molar-refractivity contribution in [1.82, 2.24) is 14.8 Å². The van der Waals surface area contributed by atoms with E-state index in [0.29, 0.717) is 11.9 Å². The van der Waals surface area contributed by atoms with Crippen LogP contribution in [0.2, 0.25) is 0 Å². The van der Waals surface area contributed by atoms with Crippen molar-refractivity contribution in [3.63, 3.8) is 0 Å². The zero-order chi connectivity index (χ0) is 10.1. The first-order valence-corrected chi connectivity index (χ1v) is 4.87. The third-order valence-electron chi connectivity index (χ3n) is 2.66. The van der Waals surface area contributed by atoms with Gasteiger partial charge in [0.15, 0.2) is 11.6 Å². The lowest BCUT2D eigenvalue weighted by molar-refractivity contribution is 0.0483. The fourth-order valence-corrected chi connectivity index (χ4v) is 1.79. The van der Waals surface area contributed by atoms with Crippen molar-refractivity contribution in [2.45, 2.75) is 38.6 Å². The second kappa shape index (κ2) is 3.67. The number of nitrogens with zero attached hydrogens (tertiary/aromatic N) is 3. The lowest BCUT2D eigenvalue weighted by atomic mass is 10.2. The maximum Gasteiger partial charge on any atom is 0.162 e. The van der Waals surface area contributed by atoms with Gasteiger partial charge in [0.1, 0.15) is 12.7 Å². The van der Waals surface area contributed by atoms with Crippen LogP contribution in [-0.2, 0) is 18.4 Å². The third-order valence-corrected chi connectivity index (χ3v) is 2.66. The minimum absolute atomic E-state index is 0.0443. The number of hydrogen-bond acceptors (Lipinski definition) is 4. The minimum atomic E-state index is -0.0776. The van der Waals surface area contributed by atoms with E-state index in [4.69, 9.17) is 9.84 Å². The van der Waals surface area contributed by atoms with Gasteiger partial charge in [-0.25, -0.2) is 0 Å². The number of hydrogen-bond donors (Lipinski definition) is 1. The summed E-state index contributed by atoms with van der Waals surface area (Å²) in [5.74, 6) is 1.40. The first kappa shape index (κ1) is 9.61. The maximum atomic E-state index is 8.96. The lowest BCUT2D eigenvalue weighted by Gasteiger charge is -2.10. The van der Waals surface area contributed by atoms with Gasteiger partial charge in [-0.3, -0.25) is 0 Å². The van der Waals surface area contributed by atoms with Gasteiger partial charge >= 0.3 is 0 Å². The number of ether oxygens (including phenoxy) is 1. The summed E-state index contributed by atoms with van der Waals surface area (Å²) in [4.78, 5) is 0. The smallest absolute Gasteiger partial charge is 0.162 e. The Morgan fingerprint density at radius 1 is 1.50 bits per heavy atom. The quantitative estimate of drug-likeness (QED) is 0.752. The van der Waals surface area contributed by atoms with Gasteiger partial charge in [0.2, 0.25) is 0 Å². The van der Waals surface area contributed by atoms with Gasteiger partial charge in [-0.15, -0.1) is 10.2 Å². The van der Waals surface area contributed by atoms with Crippen LogP contribution in [-0.4, -0.2) is 26.0 Å². The predicted molar refractivity (Wildman–Crippen MR) is 49.4 cm³/mol. The van der Waals surface area contributed by atoms with Crippen molar-refractivity contribution in [1.29, 1.82) is 0 Å². The Morgan fingerprint density at radius 2 is 2.29 bits per heavy atom. The van der Waals surface area contributed by atoms with E-state index >= 15 is 0 Å². The van der Waals surface area contributed by atoms with Gasteiger partial charge < -0.3 is 14.4 Å². The molecule has 1 aliphatic rings. The van der Waals surface area contributed by atoms with E-state index < -0.39 is 0 Å². The minimum Gasteiger partial charge on any atom is -0.388 e. The molecule has 0 saturated carbocycles. The molecule has 2 atom stereocenters. The van der Waals surface area contributed by atoms with Crippen molar-refractivity contribution in [2.24, 2.45) is 7.05 Å². The van der Waals surface area contributed by atoms with Crippen LogP contribution in [0.4, 0.5) is 0 Å². The molecule has 2 unspecified atom stereocenters. The van der Waals surface area contributed by atoms with Crippen LogP contribution in [0.5, 0.6) is 0 Å². The van der Waals surface area contributed by atoms with Crippen molar-refractivity contribution in [3.8, 4) is 0 Å². The predicted octanol–water partition coefficient (Wildman–Crippen LogP) is 0.547. The fourth-order valence-electron chi connectivity index (χ4n) is 1.79. The number of rotatable bonds is 2. The van der Waals surface area contributed by atoms with Gasteiger partial charge in [0, 0.05) is 7.05 Å².